The highest BCUT2D eigenvalue weighted by molar-refractivity contribution is 6.46. The molecule has 1 aliphatic heterocycles. The molecule has 1 fully saturated rings. The predicted octanol–water partition coefficient (Wildman–Crippen LogP) is 4.18. The van der Waals surface area contributed by atoms with Crippen molar-refractivity contribution in [3.63, 3.8) is 0 Å². The standard InChI is InChI=1S/C26H27N3O4/c1-18(2)33-21-11-9-20(10-12-21)24(30)22-23(19-7-4-3-5-8-19)29(26(32)25(22)31)15-6-14-28-16-13-27-17-28/h3-5,7-13,16-18,23,30H,6,14-15H2,1-2H3/t23-/m0/s1. The van der Waals surface area contributed by atoms with Crippen LogP contribution in [0.4, 0.5) is 0 Å². The molecule has 4 rings (SSSR count). The van der Waals surface area contributed by atoms with Crippen LogP contribution in [0.2, 0.25) is 0 Å². The van der Waals surface area contributed by atoms with E-state index in [-0.39, 0.29) is 17.4 Å². The van der Waals surface area contributed by atoms with Crippen molar-refractivity contribution in [2.75, 3.05) is 6.54 Å². The van der Waals surface area contributed by atoms with Crippen molar-refractivity contribution in [3.05, 3.63) is 90.0 Å². The number of carbonyl (C=O) groups excluding carboxylic acids is 2. The van der Waals surface area contributed by atoms with Gasteiger partial charge in [-0.05, 0) is 50.1 Å². The van der Waals surface area contributed by atoms with Crippen LogP contribution >= 0.6 is 0 Å². The number of imidazole rings is 1. The minimum atomic E-state index is -0.675. The number of likely N-dealkylation sites (tertiary alicyclic amines) is 1. The zero-order valence-corrected chi connectivity index (χ0v) is 18.7. The molecule has 0 spiro atoms. The molecular weight excluding hydrogens is 418 g/mol. The second-order valence-electron chi connectivity index (χ2n) is 8.25. The second kappa shape index (κ2) is 9.73. The van der Waals surface area contributed by atoms with Gasteiger partial charge < -0.3 is 19.3 Å². The molecule has 1 N–H and O–H groups in total. The number of ether oxygens (including phenoxy) is 1. The van der Waals surface area contributed by atoms with E-state index in [0.29, 0.717) is 30.8 Å². The van der Waals surface area contributed by atoms with E-state index < -0.39 is 17.7 Å². The maximum absolute atomic E-state index is 13.1. The largest absolute Gasteiger partial charge is 0.507 e. The van der Waals surface area contributed by atoms with E-state index in [9.17, 15) is 14.7 Å². The molecule has 1 aliphatic rings. The molecule has 1 saturated heterocycles. The maximum atomic E-state index is 13.1. The van der Waals surface area contributed by atoms with Gasteiger partial charge in [0.15, 0.2) is 0 Å². The molecule has 0 unspecified atom stereocenters. The molecule has 0 saturated carbocycles. The molecule has 33 heavy (non-hydrogen) atoms. The van der Waals surface area contributed by atoms with Gasteiger partial charge in [-0.2, -0.15) is 0 Å². The number of hydrogen-bond acceptors (Lipinski definition) is 5. The molecule has 1 amide bonds. The Labute approximate surface area is 192 Å². The van der Waals surface area contributed by atoms with Gasteiger partial charge >= 0.3 is 0 Å². The smallest absolute Gasteiger partial charge is 0.295 e. The number of aliphatic hydroxyl groups is 1. The van der Waals surface area contributed by atoms with Crippen LogP contribution in [0, 0.1) is 0 Å². The number of nitrogens with zero attached hydrogens (tertiary/aromatic N) is 3. The first-order valence-corrected chi connectivity index (χ1v) is 11.0. The predicted molar refractivity (Wildman–Crippen MR) is 125 cm³/mol. The van der Waals surface area contributed by atoms with E-state index in [1.165, 1.54) is 0 Å². The summed E-state index contributed by atoms with van der Waals surface area (Å²) in [6.07, 6.45) is 5.95. The van der Waals surface area contributed by atoms with Gasteiger partial charge in [-0.3, -0.25) is 9.59 Å². The summed E-state index contributed by atoms with van der Waals surface area (Å²) in [4.78, 5) is 31.6. The van der Waals surface area contributed by atoms with Crippen molar-refractivity contribution >= 4 is 17.4 Å². The summed E-state index contributed by atoms with van der Waals surface area (Å²) in [7, 11) is 0. The lowest BCUT2D eigenvalue weighted by atomic mass is 9.95. The minimum absolute atomic E-state index is 0.0233. The number of Topliss-reactive ketones (excluding diaryl/α,β-unsaturated/α-hetero) is 1. The molecule has 1 aromatic heterocycles. The Kier molecular flexibility index (Phi) is 6.58. The number of carbonyl (C=O) groups is 2. The number of aromatic nitrogens is 2. The highest BCUT2D eigenvalue weighted by Crippen LogP contribution is 2.39. The third kappa shape index (κ3) is 4.82. The summed E-state index contributed by atoms with van der Waals surface area (Å²) in [5, 5.41) is 11.1. The number of hydrogen-bond donors (Lipinski definition) is 1. The van der Waals surface area contributed by atoms with Gasteiger partial charge in [-0.1, -0.05) is 30.3 Å². The van der Waals surface area contributed by atoms with E-state index in [1.807, 2.05) is 54.9 Å². The minimum Gasteiger partial charge on any atom is -0.507 e. The molecule has 2 heterocycles. The van der Waals surface area contributed by atoms with Crippen LogP contribution in [0.5, 0.6) is 5.75 Å². The molecule has 170 valence electrons. The first kappa shape index (κ1) is 22.3. The zero-order chi connectivity index (χ0) is 23.4. The van der Waals surface area contributed by atoms with Crippen molar-refractivity contribution in [3.8, 4) is 5.75 Å². The number of benzene rings is 2. The summed E-state index contributed by atoms with van der Waals surface area (Å²) in [5.41, 5.74) is 1.34. The van der Waals surface area contributed by atoms with E-state index in [0.717, 1.165) is 5.56 Å². The summed E-state index contributed by atoms with van der Waals surface area (Å²) in [6, 6.07) is 15.6. The summed E-state index contributed by atoms with van der Waals surface area (Å²) in [6.45, 7) is 4.91. The van der Waals surface area contributed by atoms with Crippen molar-refractivity contribution in [2.24, 2.45) is 0 Å². The van der Waals surface area contributed by atoms with Crippen molar-refractivity contribution in [1.82, 2.24) is 14.5 Å². The van der Waals surface area contributed by atoms with Gasteiger partial charge in [0.2, 0.25) is 0 Å². The average Bonchev–Trinajstić information content (AvgIpc) is 3.41. The van der Waals surface area contributed by atoms with Crippen LogP contribution in [-0.4, -0.2) is 43.9 Å². The van der Waals surface area contributed by atoms with Gasteiger partial charge in [0.25, 0.3) is 11.7 Å². The zero-order valence-electron chi connectivity index (χ0n) is 18.7. The number of ketones is 1. The first-order valence-electron chi connectivity index (χ1n) is 11.0. The Bertz CT molecular complexity index is 1140. The molecule has 2 aromatic carbocycles. The number of amides is 1. The van der Waals surface area contributed by atoms with Crippen LogP contribution in [0.25, 0.3) is 5.76 Å². The second-order valence-corrected chi connectivity index (χ2v) is 8.25. The lowest BCUT2D eigenvalue weighted by Gasteiger charge is -2.25. The van der Waals surface area contributed by atoms with Gasteiger partial charge in [0.05, 0.1) is 24.0 Å². The van der Waals surface area contributed by atoms with E-state index in [2.05, 4.69) is 4.98 Å². The molecule has 0 aliphatic carbocycles. The van der Waals surface area contributed by atoms with Gasteiger partial charge in [-0.25, -0.2) is 4.98 Å². The third-order valence-corrected chi connectivity index (χ3v) is 5.53. The maximum Gasteiger partial charge on any atom is 0.295 e. The quantitative estimate of drug-likeness (QED) is 0.319. The van der Waals surface area contributed by atoms with Gasteiger partial charge in [0, 0.05) is 31.0 Å². The topological polar surface area (TPSA) is 84.7 Å². The molecule has 3 aromatic rings. The lowest BCUT2D eigenvalue weighted by molar-refractivity contribution is -0.139. The third-order valence-electron chi connectivity index (χ3n) is 5.53. The molecular formula is C26H27N3O4. The number of aliphatic hydroxyl groups excluding tert-OH is 1. The first-order chi connectivity index (χ1) is 16.0. The fourth-order valence-electron chi connectivity index (χ4n) is 4.05. The van der Waals surface area contributed by atoms with E-state index in [1.54, 1.807) is 41.7 Å². The summed E-state index contributed by atoms with van der Waals surface area (Å²) in [5.74, 6) is -0.793. The van der Waals surface area contributed by atoms with Gasteiger partial charge in [-0.15, -0.1) is 0 Å². The Morgan fingerprint density at radius 3 is 2.42 bits per heavy atom. The Balaban J connectivity index is 1.67. The van der Waals surface area contributed by atoms with Crippen LogP contribution in [0.3, 0.4) is 0 Å². The lowest BCUT2D eigenvalue weighted by Crippen LogP contribution is -2.31. The molecule has 7 nitrogen and oxygen atoms in total. The van der Waals surface area contributed by atoms with Crippen molar-refractivity contribution in [1.29, 1.82) is 0 Å². The Morgan fingerprint density at radius 1 is 1.06 bits per heavy atom. The highest BCUT2D eigenvalue weighted by Gasteiger charge is 2.45. The van der Waals surface area contributed by atoms with E-state index >= 15 is 0 Å². The van der Waals surface area contributed by atoms with E-state index in [4.69, 9.17) is 4.74 Å². The van der Waals surface area contributed by atoms with Crippen LogP contribution in [-0.2, 0) is 16.1 Å². The van der Waals surface area contributed by atoms with Gasteiger partial charge in [0.1, 0.15) is 11.5 Å². The number of aryl methyl sites for hydroxylation is 1. The van der Waals surface area contributed by atoms with Crippen LogP contribution in [0.1, 0.15) is 37.4 Å². The molecule has 0 radical (unpaired) electrons. The Morgan fingerprint density at radius 2 is 1.79 bits per heavy atom. The average molecular weight is 446 g/mol. The summed E-state index contributed by atoms with van der Waals surface area (Å²) < 4.78 is 7.59. The normalized spacial score (nSPS) is 17.7. The highest BCUT2D eigenvalue weighted by atomic mass is 16.5. The fourth-order valence-corrected chi connectivity index (χ4v) is 4.05. The molecule has 1 atom stereocenters. The fraction of sp³-hybridized carbons (Fsp3) is 0.269. The summed E-state index contributed by atoms with van der Waals surface area (Å²) >= 11 is 0. The Hall–Kier alpha value is -3.87. The SMILES string of the molecule is CC(C)Oc1ccc(C(O)=C2C(=O)C(=O)N(CCCn3ccnc3)[C@H]2c2ccccc2)cc1. The molecule has 7 heteroatoms. The van der Waals surface area contributed by atoms with Crippen LogP contribution < -0.4 is 4.74 Å². The van der Waals surface area contributed by atoms with Crippen LogP contribution in [0.15, 0.2) is 78.9 Å². The van der Waals surface area contributed by atoms with Crippen molar-refractivity contribution in [2.45, 2.75) is 39.0 Å². The number of rotatable bonds is 8. The monoisotopic (exact) mass is 445 g/mol. The van der Waals surface area contributed by atoms with Crippen molar-refractivity contribution < 1.29 is 19.4 Å². The molecule has 0 bridgehead atoms.